The van der Waals surface area contributed by atoms with Gasteiger partial charge in [0.1, 0.15) is 11.5 Å². The standard InChI is InChI=1S/C30H24N2O/c31-24-16-17-29(26(18-24)21-10-4-1-5-11-21)33-30-27(22-12-6-2-7-13-22)19-25(32)20-28(30)23-14-8-3-9-15-23/h1-20H,31-32H2. The Kier molecular flexibility index (Phi) is 5.52. The van der Waals surface area contributed by atoms with Crippen molar-refractivity contribution in [1.82, 2.24) is 0 Å². The molecule has 0 saturated carbocycles. The van der Waals surface area contributed by atoms with Gasteiger partial charge in [-0.15, -0.1) is 0 Å². The average molecular weight is 429 g/mol. The molecule has 0 amide bonds. The van der Waals surface area contributed by atoms with Crippen molar-refractivity contribution in [2.75, 3.05) is 11.5 Å². The second-order valence-corrected chi connectivity index (χ2v) is 7.90. The third kappa shape index (κ3) is 4.30. The predicted molar refractivity (Wildman–Crippen MR) is 138 cm³/mol. The first kappa shape index (κ1) is 20.4. The first-order chi connectivity index (χ1) is 16.2. The van der Waals surface area contributed by atoms with Crippen molar-refractivity contribution >= 4 is 11.4 Å². The second-order valence-electron chi connectivity index (χ2n) is 7.90. The number of anilines is 2. The number of benzene rings is 5. The Hall–Kier alpha value is -4.50. The molecule has 4 N–H and O–H groups in total. The van der Waals surface area contributed by atoms with Crippen molar-refractivity contribution in [2.45, 2.75) is 0 Å². The summed E-state index contributed by atoms with van der Waals surface area (Å²) in [5.41, 5.74) is 19.8. The molecular formula is C30H24N2O. The molecule has 160 valence electrons. The van der Waals surface area contributed by atoms with Gasteiger partial charge in [-0.1, -0.05) is 91.0 Å². The molecule has 0 atom stereocenters. The van der Waals surface area contributed by atoms with Crippen molar-refractivity contribution in [3.8, 4) is 44.9 Å². The smallest absolute Gasteiger partial charge is 0.143 e. The van der Waals surface area contributed by atoms with Gasteiger partial charge < -0.3 is 16.2 Å². The van der Waals surface area contributed by atoms with Gasteiger partial charge in [-0.25, -0.2) is 0 Å². The number of rotatable bonds is 5. The summed E-state index contributed by atoms with van der Waals surface area (Å²) in [5.74, 6) is 1.48. The zero-order chi connectivity index (χ0) is 22.6. The highest BCUT2D eigenvalue weighted by atomic mass is 16.5. The molecule has 5 aromatic carbocycles. The van der Waals surface area contributed by atoms with Crippen molar-refractivity contribution < 1.29 is 4.74 Å². The Balaban J connectivity index is 1.74. The summed E-state index contributed by atoms with van der Waals surface area (Å²) in [5, 5.41) is 0. The lowest BCUT2D eigenvalue weighted by atomic mass is 9.96. The molecule has 0 heterocycles. The SMILES string of the molecule is Nc1ccc(Oc2c(-c3ccccc3)cc(N)cc2-c2ccccc2)c(-c2ccccc2)c1. The molecule has 0 bridgehead atoms. The molecule has 0 radical (unpaired) electrons. The molecular weight excluding hydrogens is 404 g/mol. The van der Waals surface area contributed by atoms with Crippen LogP contribution in [0.3, 0.4) is 0 Å². The van der Waals surface area contributed by atoms with Gasteiger partial charge in [0.05, 0.1) is 0 Å². The number of hydrogen-bond donors (Lipinski definition) is 2. The van der Waals surface area contributed by atoms with Gasteiger partial charge in [0, 0.05) is 28.1 Å². The zero-order valence-electron chi connectivity index (χ0n) is 18.1. The molecule has 5 rings (SSSR count). The number of nitrogens with two attached hydrogens (primary N) is 2. The van der Waals surface area contributed by atoms with Crippen molar-refractivity contribution in [1.29, 1.82) is 0 Å². The van der Waals surface area contributed by atoms with E-state index in [2.05, 4.69) is 36.4 Å². The Morgan fingerprint density at radius 3 is 1.33 bits per heavy atom. The molecule has 0 saturated heterocycles. The van der Waals surface area contributed by atoms with Crippen LogP contribution >= 0.6 is 0 Å². The topological polar surface area (TPSA) is 61.3 Å². The lowest BCUT2D eigenvalue weighted by molar-refractivity contribution is 0.488. The van der Waals surface area contributed by atoms with Crippen LogP contribution in [-0.2, 0) is 0 Å². The fourth-order valence-electron chi connectivity index (χ4n) is 4.02. The van der Waals surface area contributed by atoms with Gasteiger partial charge in [-0.2, -0.15) is 0 Å². The molecule has 0 unspecified atom stereocenters. The van der Waals surface area contributed by atoms with E-state index in [0.29, 0.717) is 11.4 Å². The molecule has 0 aromatic heterocycles. The van der Waals surface area contributed by atoms with Crippen LogP contribution in [0.4, 0.5) is 11.4 Å². The number of nitrogen functional groups attached to an aromatic ring is 2. The Morgan fingerprint density at radius 2 is 0.848 bits per heavy atom. The van der Waals surface area contributed by atoms with E-state index in [0.717, 1.165) is 44.9 Å². The van der Waals surface area contributed by atoms with Crippen LogP contribution in [0.25, 0.3) is 33.4 Å². The summed E-state index contributed by atoms with van der Waals surface area (Å²) >= 11 is 0. The van der Waals surface area contributed by atoms with E-state index in [1.54, 1.807) is 0 Å². The van der Waals surface area contributed by atoms with Gasteiger partial charge in [-0.3, -0.25) is 0 Å². The maximum atomic E-state index is 6.73. The summed E-state index contributed by atoms with van der Waals surface area (Å²) in [4.78, 5) is 0. The Labute approximate surface area is 193 Å². The predicted octanol–water partition coefficient (Wildman–Crippen LogP) is 7.64. The van der Waals surface area contributed by atoms with Crippen molar-refractivity contribution in [2.24, 2.45) is 0 Å². The van der Waals surface area contributed by atoms with Crippen molar-refractivity contribution in [3.63, 3.8) is 0 Å². The molecule has 0 spiro atoms. The molecule has 33 heavy (non-hydrogen) atoms. The summed E-state index contributed by atoms with van der Waals surface area (Å²) < 4.78 is 6.73. The quantitative estimate of drug-likeness (QED) is 0.283. The zero-order valence-corrected chi connectivity index (χ0v) is 18.1. The summed E-state index contributed by atoms with van der Waals surface area (Å²) in [7, 11) is 0. The van der Waals surface area contributed by atoms with Gasteiger partial charge in [-0.05, 0) is 47.0 Å². The molecule has 0 aliphatic heterocycles. The summed E-state index contributed by atoms with van der Waals surface area (Å²) in [6, 6.07) is 40.2. The number of ether oxygens (including phenoxy) is 1. The third-order valence-corrected chi connectivity index (χ3v) is 5.58. The summed E-state index contributed by atoms with van der Waals surface area (Å²) in [6.45, 7) is 0. The van der Waals surface area contributed by atoms with Crippen molar-refractivity contribution in [3.05, 3.63) is 121 Å². The molecule has 3 nitrogen and oxygen atoms in total. The molecule has 0 aliphatic rings. The van der Waals surface area contributed by atoms with E-state index in [1.165, 1.54) is 0 Å². The first-order valence-corrected chi connectivity index (χ1v) is 10.9. The van der Waals surface area contributed by atoms with E-state index in [-0.39, 0.29) is 0 Å². The fraction of sp³-hybridized carbons (Fsp3) is 0. The van der Waals surface area contributed by atoms with Crippen LogP contribution in [0, 0.1) is 0 Å². The molecule has 5 aromatic rings. The molecule has 0 fully saturated rings. The highest BCUT2D eigenvalue weighted by Crippen LogP contribution is 2.45. The lowest BCUT2D eigenvalue weighted by Gasteiger charge is -2.19. The molecule has 3 heteroatoms. The van der Waals surface area contributed by atoms with Crippen LogP contribution in [0.15, 0.2) is 121 Å². The van der Waals surface area contributed by atoms with Crippen LogP contribution in [-0.4, -0.2) is 0 Å². The van der Waals surface area contributed by atoms with E-state index >= 15 is 0 Å². The van der Waals surface area contributed by atoms with Gasteiger partial charge >= 0.3 is 0 Å². The van der Waals surface area contributed by atoms with Gasteiger partial charge in [0.15, 0.2) is 0 Å². The van der Waals surface area contributed by atoms with E-state index in [9.17, 15) is 0 Å². The molecule has 0 aliphatic carbocycles. The Morgan fingerprint density at radius 1 is 0.424 bits per heavy atom. The van der Waals surface area contributed by atoms with E-state index in [1.807, 2.05) is 84.9 Å². The van der Waals surface area contributed by atoms with Crippen LogP contribution < -0.4 is 16.2 Å². The minimum absolute atomic E-state index is 0.681. The lowest BCUT2D eigenvalue weighted by Crippen LogP contribution is -1.97. The van der Waals surface area contributed by atoms with E-state index in [4.69, 9.17) is 16.2 Å². The second kappa shape index (κ2) is 8.93. The number of hydrogen-bond acceptors (Lipinski definition) is 3. The van der Waals surface area contributed by atoms with Gasteiger partial charge in [0.25, 0.3) is 0 Å². The fourth-order valence-corrected chi connectivity index (χ4v) is 4.02. The van der Waals surface area contributed by atoms with Gasteiger partial charge in [0.2, 0.25) is 0 Å². The minimum atomic E-state index is 0.681. The van der Waals surface area contributed by atoms with Crippen LogP contribution in [0.5, 0.6) is 11.5 Å². The van der Waals surface area contributed by atoms with Crippen LogP contribution in [0.1, 0.15) is 0 Å². The summed E-state index contributed by atoms with van der Waals surface area (Å²) in [6.07, 6.45) is 0. The monoisotopic (exact) mass is 428 g/mol. The normalized spacial score (nSPS) is 10.7. The average Bonchev–Trinajstić information content (AvgIpc) is 2.87. The highest BCUT2D eigenvalue weighted by molar-refractivity contribution is 5.87. The first-order valence-electron chi connectivity index (χ1n) is 10.9. The maximum absolute atomic E-state index is 6.73. The Bertz CT molecular complexity index is 1320. The maximum Gasteiger partial charge on any atom is 0.143 e. The third-order valence-electron chi connectivity index (χ3n) is 5.58. The van der Waals surface area contributed by atoms with E-state index < -0.39 is 0 Å². The van der Waals surface area contributed by atoms with Crippen LogP contribution in [0.2, 0.25) is 0 Å². The highest BCUT2D eigenvalue weighted by Gasteiger charge is 2.18. The minimum Gasteiger partial charge on any atom is -0.455 e. The largest absolute Gasteiger partial charge is 0.455 e.